The molecule has 0 aliphatic heterocycles. The molecule has 0 aromatic rings. The molecule has 70 valence electrons. The van der Waals surface area contributed by atoms with Crippen LogP contribution in [-0.4, -0.2) is 29.4 Å². The Kier molecular flexibility index (Phi) is 4.81. The minimum absolute atomic E-state index is 0.0977. The van der Waals surface area contributed by atoms with Gasteiger partial charge in [0.25, 0.3) is 0 Å². The van der Waals surface area contributed by atoms with Crippen molar-refractivity contribution in [3.8, 4) is 0 Å². The van der Waals surface area contributed by atoms with Crippen LogP contribution in [0.15, 0.2) is 0 Å². The summed E-state index contributed by atoms with van der Waals surface area (Å²) in [5.74, 6) is 0.221. The molecule has 1 amide bonds. The van der Waals surface area contributed by atoms with Crippen molar-refractivity contribution < 1.29 is 4.79 Å². The zero-order chi connectivity index (χ0) is 9.72. The molecule has 0 saturated heterocycles. The molecule has 0 saturated carbocycles. The lowest BCUT2D eigenvalue weighted by molar-refractivity contribution is -0.129. The summed E-state index contributed by atoms with van der Waals surface area (Å²) in [5, 5.41) is 0. The van der Waals surface area contributed by atoms with E-state index in [4.69, 9.17) is 18.0 Å². The third-order valence-corrected chi connectivity index (χ3v) is 2.16. The van der Waals surface area contributed by atoms with Crippen LogP contribution in [0.2, 0.25) is 0 Å². The van der Waals surface area contributed by atoms with Gasteiger partial charge in [0, 0.05) is 25.9 Å². The maximum atomic E-state index is 11.1. The Morgan fingerprint density at radius 1 is 1.67 bits per heavy atom. The highest BCUT2D eigenvalue weighted by Gasteiger charge is 2.11. The van der Waals surface area contributed by atoms with Crippen LogP contribution in [0.5, 0.6) is 0 Å². The Morgan fingerprint density at radius 3 is 2.50 bits per heavy atom. The van der Waals surface area contributed by atoms with E-state index in [0.717, 1.165) is 0 Å². The molecule has 4 heteroatoms. The molecule has 0 spiro atoms. The van der Waals surface area contributed by atoms with Crippen molar-refractivity contribution in [2.45, 2.75) is 20.3 Å². The normalized spacial score (nSPS) is 12.2. The summed E-state index contributed by atoms with van der Waals surface area (Å²) in [6.45, 7) is 4.37. The fraction of sp³-hybridized carbons (Fsp3) is 0.750. The van der Waals surface area contributed by atoms with Crippen LogP contribution in [0.1, 0.15) is 20.3 Å². The van der Waals surface area contributed by atoms with E-state index in [1.165, 1.54) is 0 Å². The second kappa shape index (κ2) is 5.09. The van der Waals surface area contributed by atoms with Gasteiger partial charge in [-0.25, -0.2) is 0 Å². The van der Waals surface area contributed by atoms with Gasteiger partial charge in [-0.1, -0.05) is 26.1 Å². The van der Waals surface area contributed by atoms with Gasteiger partial charge in [0.2, 0.25) is 5.91 Å². The number of hydrogen-bond acceptors (Lipinski definition) is 2. The molecule has 1 unspecified atom stereocenters. The molecule has 0 aromatic heterocycles. The summed E-state index contributed by atoms with van der Waals surface area (Å²) in [7, 11) is 1.76. The molecule has 0 fully saturated rings. The van der Waals surface area contributed by atoms with E-state index in [2.05, 4.69) is 0 Å². The molecule has 0 bridgehead atoms. The van der Waals surface area contributed by atoms with Crippen LogP contribution >= 0.6 is 12.2 Å². The quantitative estimate of drug-likeness (QED) is 0.663. The molecular formula is C8H16N2OS. The first-order valence-electron chi connectivity index (χ1n) is 4.02. The monoisotopic (exact) mass is 188 g/mol. The minimum atomic E-state index is 0.0977. The van der Waals surface area contributed by atoms with Gasteiger partial charge in [0.15, 0.2) is 0 Å². The Balaban J connectivity index is 3.91. The summed E-state index contributed by atoms with van der Waals surface area (Å²) in [5.41, 5.74) is 5.42. The number of amides is 1. The number of rotatable bonds is 4. The second-order valence-electron chi connectivity index (χ2n) is 2.93. The van der Waals surface area contributed by atoms with Gasteiger partial charge in [-0.15, -0.1) is 0 Å². The summed E-state index contributed by atoms with van der Waals surface area (Å²) >= 11 is 4.80. The van der Waals surface area contributed by atoms with Gasteiger partial charge < -0.3 is 10.6 Å². The van der Waals surface area contributed by atoms with Crippen LogP contribution < -0.4 is 5.73 Å². The second-order valence-corrected chi connectivity index (χ2v) is 3.40. The maximum Gasteiger partial charge on any atom is 0.222 e. The van der Waals surface area contributed by atoms with Crippen LogP contribution in [0.25, 0.3) is 0 Å². The van der Waals surface area contributed by atoms with Gasteiger partial charge in [-0.05, 0) is 0 Å². The molecule has 12 heavy (non-hydrogen) atoms. The molecule has 0 rings (SSSR count). The van der Waals surface area contributed by atoms with E-state index >= 15 is 0 Å². The predicted molar refractivity (Wildman–Crippen MR) is 53.9 cm³/mol. The highest BCUT2D eigenvalue weighted by molar-refractivity contribution is 7.80. The smallest absolute Gasteiger partial charge is 0.222 e. The predicted octanol–water partition coefficient (Wildman–Crippen LogP) is 0.777. The summed E-state index contributed by atoms with van der Waals surface area (Å²) in [6, 6.07) is 0. The van der Waals surface area contributed by atoms with Gasteiger partial charge in [0.05, 0.1) is 4.99 Å². The van der Waals surface area contributed by atoms with Crippen LogP contribution in [0, 0.1) is 5.92 Å². The number of nitrogens with two attached hydrogens (primary N) is 1. The number of carbonyl (C=O) groups is 1. The van der Waals surface area contributed by atoms with Crippen molar-refractivity contribution in [3.05, 3.63) is 0 Å². The van der Waals surface area contributed by atoms with E-state index in [9.17, 15) is 4.79 Å². The first-order valence-corrected chi connectivity index (χ1v) is 4.43. The van der Waals surface area contributed by atoms with E-state index in [-0.39, 0.29) is 11.8 Å². The van der Waals surface area contributed by atoms with Crippen molar-refractivity contribution in [3.63, 3.8) is 0 Å². The zero-order valence-electron chi connectivity index (χ0n) is 7.83. The van der Waals surface area contributed by atoms with E-state index in [0.29, 0.717) is 18.0 Å². The lowest BCUT2D eigenvalue weighted by Crippen LogP contribution is -2.34. The first kappa shape index (κ1) is 11.4. The lowest BCUT2D eigenvalue weighted by Gasteiger charge is -2.20. The number of thiocarbonyl (C=S) groups is 1. The molecule has 0 heterocycles. The van der Waals surface area contributed by atoms with Crippen molar-refractivity contribution in [2.24, 2.45) is 11.7 Å². The highest BCUT2D eigenvalue weighted by atomic mass is 32.1. The van der Waals surface area contributed by atoms with E-state index in [1.807, 2.05) is 13.8 Å². The average Bonchev–Trinajstić information content (AvgIpc) is 2.02. The molecule has 0 aliphatic rings. The third-order valence-electron chi connectivity index (χ3n) is 1.76. The maximum absolute atomic E-state index is 11.1. The van der Waals surface area contributed by atoms with Gasteiger partial charge in [0.1, 0.15) is 0 Å². The van der Waals surface area contributed by atoms with Crippen LogP contribution in [-0.2, 0) is 4.79 Å². The Hall–Kier alpha value is -0.640. The van der Waals surface area contributed by atoms with Crippen molar-refractivity contribution in [2.75, 3.05) is 13.6 Å². The first-order chi connectivity index (χ1) is 5.49. The number of hydrogen-bond donors (Lipinski definition) is 1. The lowest BCUT2D eigenvalue weighted by atomic mass is 10.1. The molecule has 0 radical (unpaired) electrons. The molecule has 0 aromatic carbocycles. The Morgan fingerprint density at radius 2 is 2.17 bits per heavy atom. The van der Waals surface area contributed by atoms with Crippen molar-refractivity contribution in [1.82, 2.24) is 4.90 Å². The third kappa shape index (κ3) is 3.67. The fourth-order valence-corrected chi connectivity index (χ4v) is 0.947. The van der Waals surface area contributed by atoms with Gasteiger partial charge in [-0.3, -0.25) is 4.79 Å². The fourth-order valence-electron chi connectivity index (χ4n) is 0.872. The molecule has 1 atom stereocenters. The standard InChI is InChI=1S/C8H16N2OS/c1-4-7(11)10(3)5-6(2)8(9)12/h6H,4-5H2,1-3H3,(H2,9,12). The topological polar surface area (TPSA) is 46.3 Å². The number of nitrogens with zero attached hydrogens (tertiary/aromatic N) is 1. The summed E-state index contributed by atoms with van der Waals surface area (Å²) in [4.78, 5) is 13.2. The Bertz CT molecular complexity index is 182. The van der Waals surface area contributed by atoms with Crippen molar-refractivity contribution in [1.29, 1.82) is 0 Å². The average molecular weight is 188 g/mol. The van der Waals surface area contributed by atoms with E-state index < -0.39 is 0 Å². The molecule has 2 N–H and O–H groups in total. The largest absolute Gasteiger partial charge is 0.393 e. The zero-order valence-corrected chi connectivity index (χ0v) is 8.65. The molecular weight excluding hydrogens is 172 g/mol. The highest BCUT2D eigenvalue weighted by Crippen LogP contribution is 1.99. The van der Waals surface area contributed by atoms with Crippen molar-refractivity contribution >= 4 is 23.1 Å². The van der Waals surface area contributed by atoms with Gasteiger partial charge in [-0.2, -0.15) is 0 Å². The van der Waals surface area contributed by atoms with Crippen LogP contribution in [0.3, 0.4) is 0 Å². The summed E-state index contributed by atoms with van der Waals surface area (Å²) in [6.07, 6.45) is 0.528. The van der Waals surface area contributed by atoms with Crippen LogP contribution in [0.4, 0.5) is 0 Å². The molecule has 0 aliphatic carbocycles. The van der Waals surface area contributed by atoms with E-state index in [1.54, 1.807) is 11.9 Å². The summed E-state index contributed by atoms with van der Waals surface area (Å²) < 4.78 is 0. The molecule has 3 nitrogen and oxygen atoms in total. The minimum Gasteiger partial charge on any atom is -0.393 e. The Labute approximate surface area is 78.9 Å². The number of carbonyl (C=O) groups excluding carboxylic acids is 1. The SMILES string of the molecule is CCC(=O)N(C)CC(C)C(N)=S. The van der Waals surface area contributed by atoms with Gasteiger partial charge >= 0.3 is 0 Å².